The van der Waals surface area contributed by atoms with Gasteiger partial charge in [-0.2, -0.15) is 10.5 Å². The first kappa shape index (κ1) is 29.6. The van der Waals surface area contributed by atoms with Crippen LogP contribution in [0.3, 0.4) is 0 Å². The van der Waals surface area contributed by atoms with Gasteiger partial charge in [0, 0.05) is 38.9 Å². The summed E-state index contributed by atoms with van der Waals surface area (Å²) in [6.45, 7) is 4.17. The molecule has 8 aromatic rings. The number of nitriles is 2. The predicted octanol–water partition coefficient (Wildman–Crippen LogP) is 12.0. The van der Waals surface area contributed by atoms with Crippen LogP contribution in [0.25, 0.3) is 32.7 Å². The highest BCUT2D eigenvalue weighted by Crippen LogP contribution is 2.53. The highest BCUT2D eigenvalue weighted by atomic mass is 16.3. The zero-order valence-corrected chi connectivity index (χ0v) is 27.1. The molecule has 5 nitrogen and oxygen atoms in total. The molecule has 0 aliphatic rings. The lowest BCUT2D eigenvalue weighted by Gasteiger charge is -2.31. The molecule has 0 aliphatic carbocycles. The van der Waals surface area contributed by atoms with Gasteiger partial charge >= 0.3 is 0 Å². The third kappa shape index (κ3) is 5.11. The fourth-order valence-corrected chi connectivity index (χ4v) is 6.63. The molecule has 0 fully saturated rings. The van der Waals surface area contributed by atoms with Crippen LogP contribution in [0.1, 0.15) is 22.3 Å². The van der Waals surface area contributed by atoms with Crippen LogP contribution >= 0.6 is 0 Å². The Morgan fingerprint density at radius 2 is 0.837 bits per heavy atom. The third-order valence-electron chi connectivity index (χ3n) is 9.03. The number of hydrogen-bond donors (Lipinski definition) is 0. The molecule has 0 bridgehead atoms. The van der Waals surface area contributed by atoms with Gasteiger partial charge < -0.3 is 14.2 Å². The third-order valence-corrected chi connectivity index (χ3v) is 9.03. The smallest absolute Gasteiger partial charge is 0.162 e. The van der Waals surface area contributed by atoms with Crippen LogP contribution in [-0.4, -0.2) is 0 Å². The van der Waals surface area contributed by atoms with E-state index in [0.717, 1.165) is 72.4 Å². The van der Waals surface area contributed by atoms with Gasteiger partial charge in [0.15, 0.2) is 5.58 Å². The molecule has 1 heterocycles. The van der Waals surface area contributed by atoms with E-state index in [2.05, 4.69) is 115 Å². The average molecular weight is 631 g/mol. The van der Waals surface area contributed by atoms with Gasteiger partial charge in [0.05, 0.1) is 40.0 Å². The van der Waals surface area contributed by atoms with Gasteiger partial charge in [-0.25, -0.2) is 0 Å². The van der Waals surface area contributed by atoms with Crippen LogP contribution in [0.2, 0.25) is 0 Å². The van der Waals surface area contributed by atoms with E-state index in [0.29, 0.717) is 11.1 Å². The fourth-order valence-electron chi connectivity index (χ4n) is 6.63. The largest absolute Gasteiger partial charge is 0.454 e. The highest BCUT2D eigenvalue weighted by molar-refractivity contribution is 6.28. The molecular weight excluding hydrogens is 601 g/mol. The van der Waals surface area contributed by atoms with Crippen molar-refractivity contribution in [3.8, 4) is 12.1 Å². The quantitative estimate of drug-likeness (QED) is 0.171. The monoisotopic (exact) mass is 630 g/mol. The second kappa shape index (κ2) is 12.1. The topological polar surface area (TPSA) is 67.2 Å². The molecular formula is C44H30N4O. The first-order chi connectivity index (χ1) is 24.0. The van der Waals surface area contributed by atoms with Crippen molar-refractivity contribution in [2.45, 2.75) is 13.8 Å². The van der Waals surface area contributed by atoms with Crippen LogP contribution in [0.4, 0.5) is 34.1 Å². The molecule has 0 N–H and O–H groups in total. The van der Waals surface area contributed by atoms with Crippen molar-refractivity contribution >= 4 is 66.8 Å². The molecule has 1 aromatic heterocycles. The van der Waals surface area contributed by atoms with Gasteiger partial charge in [0.25, 0.3) is 0 Å². The SMILES string of the molecule is Cc1ccc(N(c2ccc(C#N)cc2)c2c3ccccc3c(N(c3ccc(C)cc3)c3ccc(C#N)cc3)c3c2oc2ccccc23)cc1. The first-order valence-corrected chi connectivity index (χ1v) is 16.1. The molecule has 0 atom stereocenters. The Labute approximate surface area is 284 Å². The second-order valence-electron chi connectivity index (χ2n) is 12.2. The van der Waals surface area contributed by atoms with Crippen LogP contribution in [0.5, 0.6) is 0 Å². The van der Waals surface area contributed by atoms with Crippen molar-refractivity contribution in [1.82, 2.24) is 0 Å². The van der Waals surface area contributed by atoms with Crippen LogP contribution < -0.4 is 9.80 Å². The average Bonchev–Trinajstić information content (AvgIpc) is 3.54. The summed E-state index contributed by atoms with van der Waals surface area (Å²) in [6.07, 6.45) is 0. The summed E-state index contributed by atoms with van der Waals surface area (Å²) in [5, 5.41) is 23.2. The Hall–Kier alpha value is -6.82. The number of hydrogen-bond acceptors (Lipinski definition) is 5. The number of anilines is 6. The van der Waals surface area contributed by atoms with Gasteiger partial charge in [-0.3, -0.25) is 0 Å². The lowest BCUT2D eigenvalue weighted by molar-refractivity contribution is 0.669. The van der Waals surface area contributed by atoms with Crippen molar-refractivity contribution in [3.05, 3.63) is 168 Å². The van der Waals surface area contributed by atoms with Gasteiger partial charge in [0.2, 0.25) is 0 Å². The van der Waals surface area contributed by atoms with Crippen molar-refractivity contribution in [1.29, 1.82) is 10.5 Å². The highest BCUT2D eigenvalue weighted by Gasteiger charge is 2.29. The van der Waals surface area contributed by atoms with Crippen LogP contribution in [0.15, 0.2) is 150 Å². The molecule has 0 amide bonds. The fraction of sp³-hybridized carbons (Fsp3) is 0.0455. The zero-order valence-electron chi connectivity index (χ0n) is 27.1. The molecule has 8 rings (SSSR count). The number of fused-ring (bicyclic) bond motifs is 4. The van der Waals surface area contributed by atoms with E-state index >= 15 is 0 Å². The number of nitrogens with zero attached hydrogens (tertiary/aromatic N) is 4. The minimum Gasteiger partial charge on any atom is -0.454 e. The van der Waals surface area contributed by atoms with E-state index in [4.69, 9.17) is 4.42 Å². The van der Waals surface area contributed by atoms with E-state index < -0.39 is 0 Å². The van der Waals surface area contributed by atoms with Gasteiger partial charge in [-0.05, 0) is 92.7 Å². The molecule has 7 aromatic carbocycles. The van der Waals surface area contributed by atoms with Crippen molar-refractivity contribution < 1.29 is 4.42 Å². The predicted molar refractivity (Wildman–Crippen MR) is 199 cm³/mol. The maximum absolute atomic E-state index is 9.62. The molecule has 49 heavy (non-hydrogen) atoms. The summed E-state index contributed by atoms with van der Waals surface area (Å²) in [6, 6.07) is 53.6. The number of para-hydroxylation sites is 1. The minimum atomic E-state index is 0.595. The van der Waals surface area contributed by atoms with E-state index in [9.17, 15) is 10.5 Å². The Balaban J connectivity index is 1.54. The number of aryl methyl sites for hydroxylation is 2. The molecule has 5 heteroatoms. The summed E-state index contributed by atoms with van der Waals surface area (Å²) in [5.74, 6) is 0. The summed E-state index contributed by atoms with van der Waals surface area (Å²) >= 11 is 0. The number of furan rings is 1. The van der Waals surface area contributed by atoms with Crippen molar-refractivity contribution in [2.24, 2.45) is 0 Å². The minimum absolute atomic E-state index is 0.595. The molecule has 0 spiro atoms. The normalized spacial score (nSPS) is 11.0. The second-order valence-corrected chi connectivity index (χ2v) is 12.2. The van der Waals surface area contributed by atoms with Crippen molar-refractivity contribution in [2.75, 3.05) is 9.80 Å². The van der Waals surface area contributed by atoms with Crippen LogP contribution in [-0.2, 0) is 0 Å². The molecule has 0 aliphatic heterocycles. The van der Waals surface area contributed by atoms with Crippen molar-refractivity contribution in [3.63, 3.8) is 0 Å². The first-order valence-electron chi connectivity index (χ1n) is 16.1. The van der Waals surface area contributed by atoms with E-state index in [-0.39, 0.29) is 0 Å². The summed E-state index contributed by atoms with van der Waals surface area (Å²) < 4.78 is 6.94. The molecule has 232 valence electrons. The molecule has 0 saturated carbocycles. The summed E-state index contributed by atoms with van der Waals surface area (Å²) in [7, 11) is 0. The Bertz CT molecular complexity index is 2570. The maximum Gasteiger partial charge on any atom is 0.162 e. The molecule has 0 unspecified atom stereocenters. The number of benzene rings is 7. The van der Waals surface area contributed by atoms with E-state index in [1.165, 1.54) is 5.56 Å². The maximum atomic E-state index is 9.62. The molecule has 0 saturated heterocycles. The lowest BCUT2D eigenvalue weighted by atomic mass is 9.97. The zero-order chi connectivity index (χ0) is 33.5. The summed E-state index contributed by atoms with van der Waals surface area (Å²) in [5.41, 5.74) is 10.7. The number of rotatable bonds is 6. The Morgan fingerprint density at radius 1 is 0.449 bits per heavy atom. The standard InChI is InChI=1S/C44H30N4O/c1-29-11-19-33(20-12-29)47(35-23-15-31(27-45)16-24-35)42-37-7-3-4-8-38(37)43(44-41(42)39-9-5-6-10-40(39)49-44)48(34-21-13-30(2)14-22-34)36-25-17-32(28-46)18-26-36/h3-26H,1-2H3. The van der Waals surface area contributed by atoms with Crippen LogP contribution in [0, 0.1) is 36.5 Å². The lowest BCUT2D eigenvalue weighted by Crippen LogP contribution is -2.14. The Morgan fingerprint density at radius 3 is 1.31 bits per heavy atom. The van der Waals surface area contributed by atoms with Gasteiger partial charge in [-0.15, -0.1) is 0 Å². The van der Waals surface area contributed by atoms with Gasteiger partial charge in [0.1, 0.15) is 5.58 Å². The van der Waals surface area contributed by atoms with E-state index in [1.54, 1.807) is 0 Å². The Kier molecular flexibility index (Phi) is 7.29. The van der Waals surface area contributed by atoms with E-state index in [1.807, 2.05) is 66.7 Å². The molecule has 0 radical (unpaired) electrons. The van der Waals surface area contributed by atoms with Gasteiger partial charge in [-0.1, -0.05) is 77.9 Å². The summed E-state index contributed by atoms with van der Waals surface area (Å²) in [4.78, 5) is 4.50.